The molecule has 33 heavy (non-hydrogen) atoms. The van der Waals surface area contributed by atoms with Crippen LogP contribution in [0.25, 0.3) is 22.6 Å². The van der Waals surface area contributed by atoms with E-state index in [1.54, 1.807) is 36.7 Å². The fraction of sp³-hybridized carbons (Fsp3) is 0.200. The van der Waals surface area contributed by atoms with Crippen LogP contribution in [0, 0.1) is 0 Å². The van der Waals surface area contributed by atoms with Crippen LogP contribution in [0.1, 0.15) is 17.0 Å². The normalized spacial score (nSPS) is 14.1. The molecular weight excluding hydrogens is 434 g/mol. The van der Waals surface area contributed by atoms with Crippen LogP contribution < -0.4 is 0 Å². The molecule has 4 heterocycles. The highest BCUT2D eigenvalue weighted by molar-refractivity contribution is 7.90. The second-order valence-corrected chi connectivity index (χ2v) is 10.2. The number of sulfone groups is 1. The van der Waals surface area contributed by atoms with E-state index in [9.17, 15) is 8.42 Å². The van der Waals surface area contributed by atoms with E-state index in [1.165, 1.54) is 6.26 Å². The van der Waals surface area contributed by atoms with Gasteiger partial charge in [0.15, 0.2) is 15.7 Å². The van der Waals surface area contributed by atoms with E-state index in [2.05, 4.69) is 14.9 Å². The minimum Gasteiger partial charge on any atom is -0.293 e. The SMILES string of the molecule is CS(=O)(=O)c1ccc(-c2cccc(CN3CCc4nc(-c5ccncc5)ncc4C3)n2)cc1. The molecule has 0 radical (unpaired) electrons. The predicted molar refractivity (Wildman–Crippen MR) is 126 cm³/mol. The van der Waals surface area contributed by atoms with Gasteiger partial charge in [0.25, 0.3) is 0 Å². The van der Waals surface area contributed by atoms with Crippen molar-refractivity contribution in [3.05, 3.63) is 90.1 Å². The Kier molecular flexibility index (Phi) is 5.70. The van der Waals surface area contributed by atoms with Crippen molar-refractivity contribution in [3.63, 3.8) is 0 Å². The summed E-state index contributed by atoms with van der Waals surface area (Å²) in [4.78, 5) is 20.9. The predicted octanol–water partition coefficient (Wildman–Crippen LogP) is 3.56. The van der Waals surface area contributed by atoms with Gasteiger partial charge in [-0.2, -0.15) is 0 Å². The Morgan fingerprint density at radius 1 is 0.939 bits per heavy atom. The van der Waals surface area contributed by atoms with Crippen molar-refractivity contribution >= 4 is 9.84 Å². The smallest absolute Gasteiger partial charge is 0.175 e. The van der Waals surface area contributed by atoms with Crippen molar-refractivity contribution in [1.29, 1.82) is 0 Å². The first-order valence-corrected chi connectivity index (χ1v) is 12.6. The molecule has 0 amide bonds. The minimum absolute atomic E-state index is 0.309. The van der Waals surface area contributed by atoms with Crippen LogP contribution in [0.15, 0.2) is 78.1 Å². The molecule has 1 aliphatic rings. The quantitative estimate of drug-likeness (QED) is 0.453. The zero-order chi connectivity index (χ0) is 22.8. The van der Waals surface area contributed by atoms with Gasteiger partial charge in [0.2, 0.25) is 0 Å². The van der Waals surface area contributed by atoms with Gasteiger partial charge in [-0.25, -0.2) is 18.4 Å². The van der Waals surface area contributed by atoms with Crippen molar-refractivity contribution in [1.82, 2.24) is 24.8 Å². The van der Waals surface area contributed by atoms with Crippen LogP contribution in [-0.4, -0.2) is 46.1 Å². The Bertz CT molecular complexity index is 1390. The highest BCUT2D eigenvalue weighted by atomic mass is 32.2. The van der Waals surface area contributed by atoms with Crippen LogP contribution in [-0.2, 0) is 29.3 Å². The topological polar surface area (TPSA) is 88.9 Å². The Morgan fingerprint density at radius 3 is 2.48 bits per heavy atom. The number of hydrogen-bond donors (Lipinski definition) is 0. The summed E-state index contributed by atoms with van der Waals surface area (Å²) in [7, 11) is -3.21. The maximum absolute atomic E-state index is 11.7. The first kappa shape index (κ1) is 21.4. The molecule has 0 saturated heterocycles. The van der Waals surface area contributed by atoms with Crippen molar-refractivity contribution in [2.24, 2.45) is 0 Å². The van der Waals surface area contributed by atoms with Gasteiger partial charge in [0.05, 0.1) is 22.0 Å². The fourth-order valence-corrected chi connectivity index (χ4v) is 4.61. The summed E-state index contributed by atoms with van der Waals surface area (Å²) in [6.07, 6.45) is 7.50. The standard InChI is InChI=1S/C25H23N5O2S/c1-33(31,32)22-7-5-18(6-8-22)23-4-2-3-21(28-23)17-30-14-11-24-20(16-30)15-27-25(29-24)19-9-12-26-13-10-19/h2-10,12-13,15H,11,14,16-17H2,1H3. The number of hydrogen-bond acceptors (Lipinski definition) is 7. The Morgan fingerprint density at radius 2 is 1.73 bits per heavy atom. The van der Waals surface area contributed by atoms with Crippen molar-refractivity contribution in [3.8, 4) is 22.6 Å². The third kappa shape index (κ3) is 4.81. The van der Waals surface area contributed by atoms with Crippen molar-refractivity contribution in [2.45, 2.75) is 24.4 Å². The number of benzene rings is 1. The lowest BCUT2D eigenvalue weighted by molar-refractivity contribution is 0.240. The summed E-state index contributed by atoms with van der Waals surface area (Å²) < 4.78 is 23.4. The van der Waals surface area contributed by atoms with E-state index >= 15 is 0 Å². The summed E-state index contributed by atoms with van der Waals surface area (Å²) in [6, 6.07) is 16.7. The van der Waals surface area contributed by atoms with Gasteiger partial charge < -0.3 is 0 Å². The molecule has 0 atom stereocenters. The molecule has 0 spiro atoms. The second kappa shape index (κ2) is 8.80. The zero-order valence-electron chi connectivity index (χ0n) is 18.2. The largest absolute Gasteiger partial charge is 0.293 e. The molecule has 8 heteroatoms. The Hall–Kier alpha value is -3.49. The van der Waals surface area contributed by atoms with E-state index in [0.29, 0.717) is 4.90 Å². The van der Waals surface area contributed by atoms with Crippen LogP contribution in [0.3, 0.4) is 0 Å². The highest BCUT2D eigenvalue weighted by Crippen LogP contribution is 2.23. The van der Waals surface area contributed by atoms with Gasteiger partial charge in [0.1, 0.15) is 0 Å². The Labute approximate surface area is 193 Å². The first-order valence-electron chi connectivity index (χ1n) is 10.7. The summed E-state index contributed by atoms with van der Waals surface area (Å²) in [5.74, 6) is 0.737. The highest BCUT2D eigenvalue weighted by Gasteiger charge is 2.19. The van der Waals surface area contributed by atoms with Crippen LogP contribution in [0.4, 0.5) is 0 Å². The molecule has 7 nitrogen and oxygen atoms in total. The maximum Gasteiger partial charge on any atom is 0.175 e. The second-order valence-electron chi connectivity index (χ2n) is 8.17. The number of rotatable bonds is 5. The van der Waals surface area contributed by atoms with Gasteiger partial charge in [-0.3, -0.25) is 14.9 Å². The minimum atomic E-state index is -3.21. The van der Waals surface area contributed by atoms with Gasteiger partial charge in [-0.1, -0.05) is 18.2 Å². The molecule has 5 rings (SSSR count). The van der Waals surface area contributed by atoms with Crippen LogP contribution >= 0.6 is 0 Å². The molecule has 0 fully saturated rings. The lowest BCUT2D eigenvalue weighted by Crippen LogP contribution is -2.31. The molecule has 1 aliphatic heterocycles. The molecule has 166 valence electrons. The third-order valence-corrected chi connectivity index (χ3v) is 6.85. The van der Waals surface area contributed by atoms with E-state index in [1.807, 2.05) is 36.5 Å². The van der Waals surface area contributed by atoms with Crippen LogP contribution in [0.2, 0.25) is 0 Å². The maximum atomic E-state index is 11.7. The van der Waals surface area contributed by atoms with E-state index in [4.69, 9.17) is 9.97 Å². The molecule has 1 aromatic carbocycles. The molecular formula is C25H23N5O2S. The van der Waals surface area contributed by atoms with Gasteiger partial charge in [-0.05, 0) is 36.4 Å². The van der Waals surface area contributed by atoms with Gasteiger partial charge in [0, 0.05) is 67.6 Å². The zero-order valence-corrected chi connectivity index (χ0v) is 19.0. The molecule has 4 aromatic rings. The summed E-state index contributed by atoms with van der Waals surface area (Å²) in [5, 5.41) is 0. The van der Waals surface area contributed by atoms with Crippen molar-refractivity contribution < 1.29 is 8.42 Å². The average molecular weight is 458 g/mol. The Balaban J connectivity index is 1.30. The fourth-order valence-electron chi connectivity index (χ4n) is 3.98. The lowest BCUT2D eigenvalue weighted by atomic mass is 10.1. The summed E-state index contributed by atoms with van der Waals surface area (Å²) >= 11 is 0. The number of nitrogens with zero attached hydrogens (tertiary/aromatic N) is 5. The van der Waals surface area contributed by atoms with Crippen molar-refractivity contribution in [2.75, 3.05) is 12.8 Å². The molecule has 0 aliphatic carbocycles. The molecule has 0 saturated carbocycles. The summed E-state index contributed by atoms with van der Waals surface area (Å²) in [5.41, 5.74) is 5.91. The molecule has 3 aromatic heterocycles. The first-order chi connectivity index (χ1) is 16.0. The van der Waals surface area contributed by atoms with Gasteiger partial charge >= 0.3 is 0 Å². The summed E-state index contributed by atoms with van der Waals surface area (Å²) in [6.45, 7) is 2.40. The molecule has 0 N–H and O–H groups in total. The third-order valence-electron chi connectivity index (χ3n) is 5.72. The van der Waals surface area contributed by atoms with E-state index < -0.39 is 9.84 Å². The number of pyridine rings is 2. The monoisotopic (exact) mass is 457 g/mol. The van der Waals surface area contributed by atoms with E-state index in [0.717, 1.165) is 65.7 Å². The molecule has 0 unspecified atom stereocenters. The average Bonchev–Trinajstić information content (AvgIpc) is 2.84. The number of fused-ring (bicyclic) bond motifs is 1. The molecule has 0 bridgehead atoms. The van der Waals surface area contributed by atoms with Gasteiger partial charge in [-0.15, -0.1) is 0 Å². The van der Waals surface area contributed by atoms with E-state index in [-0.39, 0.29) is 0 Å². The lowest BCUT2D eigenvalue weighted by Gasteiger charge is -2.27. The number of aromatic nitrogens is 4. The van der Waals surface area contributed by atoms with Crippen LogP contribution in [0.5, 0.6) is 0 Å².